The molecule has 0 atom stereocenters. The molecule has 1 heterocycles. The molecular weight excluding hydrogens is 249 g/mol. The number of rotatable bonds is 4. The van der Waals surface area contributed by atoms with Crippen molar-refractivity contribution in [2.24, 2.45) is 0 Å². The highest BCUT2D eigenvalue weighted by Gasteiger charge is 2.16. The molecule has 1 amide bonds. The van der Waals surface area contributed by atoms with Crippen LogP contribution in [-0.2, 0) is 4.79 Å². The van der Waals surface area contributed by atoms with E-state index < -0.39 is 5.82 Å². The lowest BCUT2D eigenvalue weighted by atomic mass is 10.3. The van der Waals surface area contributed by atoms with Gasteiger partial charge in [-0.1, -0.05) is 12.1 Å². The van der Waals surface area contributed by atoms with Crippen molar-refractivity contribution in [2.75, 3.05) is 39.8 Å². The smallest absolute Gasteiger partial charge is 0.272 e. The predicted molar refractivity (Wildman–Crippen MR) is 69.1 cm³/mol. The van der Waals surface area contributed by atoms with Crippen molar-refractivity contribution in [1.82, 2.24) is 15.3 Å². The summed E-state index contributed by atoms with van der Waals surface area (Å²) in [6.45, 7) is 3.19. The zero-order chi connectivity index (χ0) is 13.7. The van der Waals surface area contributed by atoms with Gasteiger partial charge in [0.25, 0.3) is 5.91 Å². The van der Waals surface area contributed by atoms with Crippen molar-refractivity contribution in [3.8, 4) is 5.75 Å². The third-order valence-electron chi connectivity index (χ3n) is 2.98. The molecule has 1 aromatic rings. The number of carbonyl (C=O) groups is 1. The number of nitrogens with zero attached hydrogens (tertiary/aromatic N) is 2. The average molecular weight is 267 g/mol. The number of piperazine rings is 1. The Bertz CT molecular complexity index is 434. The van der Waals surface area contributed by atoms with E-state index in [0.29, 0.717) is 0 Å². The molecule has 19 heavy (non-hydrogen) atoms. The van der Waals surface area contributed by atoms with Gasteiger partial charge in [0.1, 0.15) is 0 Å². The molecule has 1 aromatic carbocycles. The maximum Gasteiger partial charge on any atom is 0.272 e. The van der Waals surface area contributed by atoms with Crippen LogP contribution in [0, 0.1) is 5.82 Å². The molecule has 0 radical (unpaired) electrons. The van der Waals surface area contributed by atoms with Crippen molar-refractivity contribution in [2.45, 2.75) is 0 Å². The van der Waals surface area contributed by atoms with Gasteiger partial charge < -0.3 is 9.64 Å². The molecule has 1 N–H and O–H groups in total. The third kappa shape index (κ3) is 4.18. The van der Waals surface area contributed by atoms with E-state index in [-0.39, 0.29) is 18.3 Å². The van der Waals surface area contributed by atoms with E-state index in [2.05, 4.69) is 10.3 Å². The average Bonchev–Trinajstić information content (AvgIpc) is 2.40. The summed E-state index contributed by atoms with van der Waals surface area (Å²) < 4.78 is 18.4. The van der Waals surface area contributed by atoms with Crippen molar-refractivity contribution in [1.29, 1.82) is 0 Å². The molecule has 1 saturated heterocycles. The molecule has 5 nitrogen and oxygen atoms in total. The maximum absolute atomic E-state index is 13.3. The molecule has 0 spiro atoms. The van der Waals surface area contributed by atoms with Gasteiger partial charge in [-0.2, -0.15) is 0 Å². The molecule has 1 aliphatic heterocycles. The van der Waals surface area contributed by atoms with Crippen LogP contribution in [0.5, 0.6) is 5.75 Å². The number of benzene rings is 1. The minimum Gasteiger partial charge on any atom is -0.481 e. The van der Waals surface area contributed by atoms with Crippen LogP contribution in [0.1, 0.15) is 0 Å². The third-order valence-corrected chi connectivity index (χ3v) is 2.98. The van der Waals surface area contributed by atoms with Gasteiger partial charge in [-0.25, -0.2) is 9.40 Å². The lowest BCUT2D eigenvalue weighted by Crippen LogP contribution is -2.53. The Balaban J connectivity index is 1.74. The lowest BCUT2D eigenvalue weighted by Gasteiger charge is -2.32. The van der Waals surface area contributed by atoms with Crippen LogP contribution < -0.4 is 10.2 Å². The van der Waals surface area contributed by atoms with Crippen LogP contribution in [0.3, 0.4) is 0 Å². The number of nitrogens with one attached hydrogen (secondary N) is 1. The van der Waals surface area contributed by atoms with E-state index in [4.69, 9.17) is 4.74 Å². The molecule has 0 bridgehead atoms. The van der Waals surface area contributed by atoms with E-state index in [1.54, 1.807) is 12.1 Å². The van der Waals surface area contributed by atoms with Crippen LogP contribution in [0.15, 0.2) is 24.3 Å². The highest BCUT2D eigenvalue weighted by atomic mass is 19.1. The number of likely N-dealkylation sites (N-methyl/N-ethyl adjacent to an activating group) is 1. The van der Waals surface area contributed by atoms with E-state index in [1.807, 2.05) is 12.1 Å². The second-order valence-corrected chi connectivity index (χ2v) is 4.54. The van der Waals surface area contributed by atoms with Gasteiger partial charge in [-0.3, -0.25) is 10.2 Å². The zero-order valence-electron chi connectivity index (χ0n) is 10.9. The topological polar surface area (TPSA) is 44.8 Å². The number of hydrazine groups is 1. The molecule has 104 valence electrons. The van der Waals surface area contributed by atoms with Crippen LogP contribution >= 0.6 is 0 Å². The molecular formula is C13H18FN3O2. The number of carbonyl (C=O) groups excluding carboxylic acids is 1. The van der Waals surface area contributed by atoms with Gasteiger partial charge in [0.15, 0.2) is 18.2 Å². The van der Waals surface area contributed by atoms with Gasteiger partial charge in [0, 0.05) is 26.2 Å². The summed E-state index contributed by atoms with van der Waals surface area (Å²) in [7, 11) is 2.04. The second-order valence-electron chi connectivity index (χ2n) is 4.54. The SMILES string of the molecule is CN1CCN(NC(=O)COc2ccccc2F)CC1. The number of hydrogen-bond acceptors (Lipinski definition) is 4. The van der Waals surface area contributed by atoms with Crippen molar-refractivity contribution in [3.63, 3.8) is 0 Å². The van der Waals surface area contributed by atoms with Gasteiger partial charge in [-0.15, -0.1) is 0 Å². The van der Waals surface area contributed by atoms with Crippen molar-refractivity contribution >= 4 is 5.91 Å². The summed E-state index contributed by atoms with van der Waals surface area (Å²) in [4.78, 5) is 13.9. The highest BCUT2D eigenvalue weighted by Crippen LogP contribution is 2.14. The second kappa shape index (κ2) is 6.49. The summed E-state index contributed by atoms with van der Waals surface area (Å²) in [6.07, 6.45) is 0. The number of hydrogen-bond donors (Lipinski definition) is 1. The quantitative estimate of drug-likeness (QED) is 0.862. The fraction of sp³-hybridized carbons (Fsp3) is 0.462. The first-order chi connectivity index (χ1) is 9.15. The molecule has 0 unspecified atom stereocenters. The van der Waals surface area contributed by atoms with Gasteiger partial charge in [0.05, 0.1) is 0 Å². The minimum absolute atomic E-state index is 0.0935. The summed E-state index contributed by atoms with van der Waals surface area (Å²) in [5.41, 5.74) is 2.75. The molecule has 0 aromatic heterocycles. The van der Waals surface area contributed by atoms with Crippen LogP contribution in [0.2, 0.25) is 0 Å². The van der Waals surface area contributed by atoms with Gasteiger partial charge in [0.2, 0.25) is 0 Å². The monoisotopic (exact) mass is 267 g/mol. The first-order valence-corrected chi connectivity index (χ1v) is 6.25. The molecule has 6 heteroatoms. The Morgan fingerprint density at radius 2 is 2.00 bits per heavy atom. The van der Waals surface area contributed by atoms with Crippen LogP contribution in [-0.4, -0.2) is 55.6 Å². The van der Waals surface area contributed by atoms with Gasteiger partial charge in [-0.05, 0) is 19.2 Å². The van der Waals surface area contributed by atoms with Crippen molar-refractivity contribution in [3.05, 3.63) is 30.1 Å². The first kappa shape index (κ1) is 13.8. The summed E-state index contributed by atoms with van der Waals surface area (Å²) in [5.74, 6) is -0.640. The van der Waals surface area contributed by atoms with E-state index in [0.717, 1.165) is 26.2 Å². The molecule has 1 fully saturated rings. The lowest BCUT2D eigenvalue weighted by molar-refractivity contribution is -0.128. The van der Waals surface area contributed by atoms with E-state index in [9.17, 15) is 9.18 Å². The Morgan fingerprint density at radius 3 is 2.68 bits per heavy atom. The van der Waals surface area contributed by atoms with E-state index >= 15 is 0 Å². The Labute approximate surface area is 111 Å². The fourth-order valence-corrected chi connectivity index (χ4v) is 1.83. The summed E-state index contributed by atoms with van der Waals surface area (Å²) >= 11 is 0. The minimum atomic E-state index is -0.463. The first-order valence-electron chi connectivity index (χ1n) is 6.25. The van der Waals surface area contributed by atoms with Crippen LogP contribution in [0.25, 0.3) is 0 Å². The normalized spacial score (nSPS) is 17.2. The standard InChI is InChI=1S/C13H18FN3O2/c1-16-6-8-17(9-7-16)15-13(18)10-19-12-5-3-2-4-11(12)14/h2-5H,6-10H2,1H3,(H,15,18). The Morgan fingerprint density at radius 1 is 1.32 bits per heavy atom. The number of halogens is 1. The maximum atomic E-state index is 13.3. The molecule has 0 saturated carbocycles. The van der Waals surface area contributed by atoms with Crippen LogP contribution in [0.4, 0.5) is 4.39 Å². The number of para-hydroxylation sites is 1. The van der Waals surface area contributed by atoms with E-state index in [1.165, 1.54) is 12.1 Å². The zero-order valence-corrected chi connectivity index (χ0v) is 10.9. The van der Waals surface area contributed by atoms with Crippen molar-refractivity contribution < 1.29 is 13.9 Å². The summed E-state index contributed by atoms with van der Waals surface area (Å²) in [6, 6.07) is 6.04. The number of amides is 1. The predicted octanol–water partition coefficient (Wildman–Crippen LogP) is 0.483. The summed E-state index contributed by atoms with van der Waals surface area (Å²) in [5, 5.41) is 1.85. The van der Waals surface area contributed by atoms with Gasteiger partial charge >= 0.3 is 0 Å². The molecule has 2 rings (SSSR count). The fourth-order valence-electron chi connectivity index (χ4n) is 1.83. The Hall–Kier alpha value is -1.66. The molecule has 0 aliphatic carbocycles. The highest BCUT2D eigenvalue weighted by molar-refractivity contribution is 5.77. The number of ether oxygens (including phenoxy) is 1. The molecule has 1 aliphatic rings. The Kier molecular flexibility index (Phi) is 4.70. The largest absolute Gasteiger partial charge is 0.481 e.